The molecule has 2 aromatic carbocycles. The van der Waals surface area contributed by atoms with Crippen molar-refractivity contribution in [2.75, 3.05) is 11.1 Å². The molecule has 0 fully saturated rings. The van der Waals surface area contributed by atoms with Crippen LogP contribution >= 0.6 is 11.8 Å². The van der Waals surface area contributed by atoms with E-state index in [-0.39, 0.29) is 17.5 Å². The molecule has 1 atom stereocenters. The van der Waals surface area contributed by atoms with Crippen molar-refractivity contribution in [2.24, 2.45) is 0 Å². The van der Waals surface area contributed by atoms with Crippen LogP contribution in [-0.4, -0.2) is 26.4 Å². The van der Waals surface area contributed by atoms with Crippen molar-refractivity contribution in [3.63, 3.8) is 0 Å². The number of anilines is 1. The molecule has 0 spiro atoms. The third kappa shape index (κ3) is 5.95. The van der Waals surface area contributed by atoms with Gasteiger partial charge in [-0.05, 0) is 56.7 Å². The van der Waals surface area contributed by atoms with Crippen LogP contribution in [0.5, 0.6) is 5.75 Å². The van der Waals surface area contributed by atoms with E-state index in [0.29, 0.717) is 23.3 Å². The number of hydrogen-bond acceptors (Lipinski definition) is 5. The van der Waals surface area contributed by atoms with Crippen LogP contribution in [-0.2, 0) is 11.3 Å². The number of hydrogen-bond donors (Lipinski definition) is 1. The highest BCUT2D eigenvalue weighted by molar-refractivity contribution is 7.99. The smallest absolute Gasteiger partial charge is 0.234 e. The molecule has 0 bridgehead atoms. The average Bonchev–Trinajstić information content (AvgIpc) is 3.13. The lowest BCUT2D eigenvalue weighted by atomic mass is 10.1. The van der Waals surface area contributed by atoms with Gasteiger partial charge in [-0.1, -0.05) is 35.5 Å². The third-order valence-electron chi connectivity index (χ3n) is 4.54. The highest BCUT2D eigenvalue weighted by Gasteiger charge is 2.20. The zero-order valence-electron chi connectivity index (χ0n) is 17.8. The maximum atomic E-state index is 13.1. The zero-order valence-corrected chi connectivity index (χ0v) is 18.6. The van der Waals surface area contributed by atoms with Gasteiger partial charge in [-0.3, -0.25) is 9.36 Å². The molecule has 1 heterocycles. The Morgan fingerprint density at radius 1 is 1.26 bits per heavy atom. The number of benzene rings is 2. The van der Waals surface area contributed by atoms with Crippen LogP contribution in [0.2, 0.25) is 0 Å². The van der Waals surface area contributed by atoms with E-state index < -0.39 is 6.10 Å². The first-order chi connectivity index (χ1) is 14.9. The van der Waals surface area contributed by atoms with Gasteiger partial charge in [-0.25, -0.2) is 4.39 Å². The van der Waals surface area contributed by atoms with E-state index in [1.807, 2.05) is 43.5 Å². The Labute approximate surface area is 185 Å². The Morgan fingerprint density at radius 3 is 2.68 bits per heavy atom. The molecule has 0 aliphatic heterocycles. The van der Waals surface area contributed by atoms with Gasteiger partial charge in [-0.15, -0.1) is 16.8 Å². The normalized spacial score (nSPS) is 11.7. The van der Waals surface area contributed by atoms with Crippen LogP contribution < -0.4 is 10.1 Å². The number of nitrogens with one attached hydrogen (secondary N) is 1. The lowest BCUT2D eigenvalue weighted by Crippen LogP contribution is -2.16. The molecule has 1 amide bonds. The molecule has 3 rings (SSSR count). The summed E-state index contributed by atoms with van der Waals surface area (Å²) in [6, 6.07) is 11.7. The van der Waals surface area contributed by atoms with Crippen molar-refractivity contribution in [3.8, 4) is 5.75 Å². The molecule has 0 aliphatic rings. The highest BCUT2D eigenvalue weighted by atomic mass is 32.2. The molecule has 0 saturated carbocycles. The summed E-state index contributed by atoms with van der Waals surface area (Å²) in [5.41, 5.74) is 2.96. The standard InChI is InChI=1S/C23H25FN4O2S/c1-5-12-28-22(17(4)30-19-9-7-18(24)8-10-19)26-27-23(28)31-14-21(29)25-20-11-6-15(2)13-16(20)3/h5-11,13,17H,1,12,14H2,2-4H3,(H,25,29). The summed E-state index contributed by atoms with van der Waals surface area (Å²) in [5, 5.41) is 12.0. The fourth-order valence-corrected chi connectivity index (χ4v) is 3.80. The van der Waals surface area contributed by atoms with E-state index in [0.717, 1.165) is 16.8 Å². The summed E-state index contributed by atoms with van der Waals surface area (Å²) >= 11 is 1.29. The van der Waals surface area contributed by atoms with E-state index in [1.165, 1.54) is 23.9 Å². The highest BCUT2D eigenvalue weighted by Crippen LogP contribution is 2.25. The number of carbonyl (C=O) groups excluding carboxylic acids is 1. The minimum absolute atomic E-state index is 0.123. The van der Waals surface area contributed by atoms with Gasteiger partial charge >= 0.3 is 0 Å². The fourth-order valence-electron chi connectivity index (χ4n) is 3.05. The number of nitrogens with zero attached hydrogens (tertiary/aromatic N) is 3. The Balaban J connectivity index is 1.67. The molecule has 1 aromatic heterocycles. The Kier molecular flexibility index (Phi) is 7.46. The van der Waals surface area contributed by atoms with Crippen molar-refractivity contribution in [1.82, 2.24) is 14.8 Å². The Hall–Kier alpha value is -3.13. The van der Waals surface area contributed by atoms with Gasteiger partial charge in [-0.2, -0.15) is 0 Å². The summed E-state index contributed by atoms with van der Waals surface area (Å²) in [6.07, 6.45) is 1.31. The van der Waals surface area contributed by atoms with E-state index in [1.54, 1.807) is 18.2 Å². The molecule has 0 radical (unpaired) electrons. The summed E-state index contributed by atoms with van der Waals surface area (Å²) < 4.78 is 20.8. The monoisotopic (exact) mass is 440 g/mol. The fraction of sp³-hybridized carbons (Fsp3) is 0.261. The van der Waals surface area contributed by atoms with Gasteiger partial charge in [0.1, 0.15) is 11.6 Å². The maximum absolute atomic E-state index is 13.1. The molecular formula is C23H25FN4O2S. The summed E-state index contributed by atoms with van der Waals surface area (Å²) in [7, 11) is 0. The van der Waals surface area contributed by atoms with Gasteiger partial charge in [0.15, 0.2) is 17.1 Å². The summed E-state index contributed by atoms with van der Waals surface area (Å²) in [4.78, 5) is 12.4. The van der Waals surface area contributed by atoms with E-state index in [4.69, 9.17) is 4.74 Å². The Bertz CT molecular complexity index is 1070. The molecule has 0 aliphatic carbocycles. The summed E-state index contributed by atoms with van der Waals surface area (Å²) in [5.74, 6) is 0.871. The number of ether oxygens (including phenoxy) is 1. The minimum atomic E-state index is -0.420. The predicted octanol–water partition coefficient (Wildman–Crippen LogP) is 5.09. The molecule has 8 heteroatoms. The van der Waals surface area contributed by atoms with Crippen LogP contribution in [0.1, 0.15) is 30.0 Å². The predicted molar refractivity (Wildman–Crippen MR) is 121 cm³/mol. The summed E-state index contributed by atoms with van der Waals surface area (Å²) in [6.45, 7) is 10.1. The Morgan fingerprint density at radius 2 is 2.00 bits per heavy atom. The second-order valence-electron chi connectivity index (χ2n) is 7.11. The quantitative estimate of drug-likeness (QED) is 0.371. The molecule has 6 nitrogen and oxygen atoms in total. The SMILES string of the molecule is C=CCn1c(SCC(=O)Nc2ccc(C)cc2C)nnc1C(C)Oc1ccc(F)cc1. The molecular weight excluding hydrogens is 415 g/mol. The molecule has 1 unspecified atom stereocenters. The van der Waals surface area contributed by atoms with Crippen molar-refractivity contribution in [2.45, 2.75) is 38.6 Å². The van der Waals surface area contributed by atoms with Crippen LogP contribution in [0.15, 0.2) is 60.3 Å². The van der Waals surface area contributed by atoms with Crippen molar-refractivity contribution >= 4 is 23.4 Å². The van der Waals surface area contributed by atoms with Crippen molar-refractivity contribution < 1.29 is 13.9 Å². The number of rotatable bonds is 9. The maximum Gasteiger partial charge on any atom is 0.234 e. The van der Waals surface area contributed by atoms with Gasteiger partial charge in [0.2, 0.25) is 5.91 Å². The van der Waals surface area contributed by atoms with E-state index >= 15 is 0 Å². The van der Waals surface area contributed by atoms with Crippen LogP contribution in [0.4, 0.5) is 10.1 Å². The van der Waals surface area contributed by atoms with E-state index in [9.17, 15) is 9.18 Å². The molecule has 3 aromatic rings. The number of aromatic nitrogens is 3. The second kappa shape index (κ2) is 10.3. The molecule has 162 valence electrons. The van der Waals surface area contributed by atoms with Crippen molar-refractivity contribution in [1.29, 1.82) is 0 Å². The average molecular weight is 441 g/mol. The van der Waals surface area contributed by atoms with Crippen LogP contribution in [0.3, 0.4) is 0 Å². The number of aryl methyl sites for hydroxylation is 2. The topological polar surface area (TPSA) is 69.0 Å². The largest absolute Gasteiger partial charge is 0.483 e. The molecule has 0 saturated heterocycles. The van der Waals surface area contributed by atoms with Gasteiger partial charge in [0, 0.05) is 12.2 Å². The lowest BCUT2D eigenvalue weighted by Gasteiger charge is -2.15. The van der Waals surface area contributed by atoms with Crippen LogP contribution in [0.25, 0.3) is 0 Å². The molecule has 1 N–H and O–H groups in total. The first-order valence-corrected chi connectivity index (χ1v) is 10.8. The number of carbonyl (C=O) groups is 1. The first kappa shape index (κ1) is 22.6. The minimum Gasteiger partial charge on any atom is -0.483 e. The first-order valence-electron chi connectivity index (χ1n) is 9.83. The van der Waals surface area contributed by atoms with Gasteiger partial charge < -0.3 is 10.1 Å². The van der Waals surface area contributed by atoms with Crippen molar-refractivity contribution in [3.05, 3.63) is 77.9 Å². The second-order valence-corrected chi connectivity index (χ2v) is 8.05. The van der Waals surface area contributed by atoms with E-state index in [2.05, 4.69) is 22.1 Å². The van der Waals surface area contributed by atoms with Crippen LogP contribution in [0, 0.1) is 19.7 Å². The molecule has 31 heavy (non-hydrogen) atoms. The zero-order chi connectivity index (χ0) is 22.4. The number of thioether (sulfide) groups is 1. The third-order valence-corrected chi connectivity index (χ3v) is 5.50. The lowest BCUT2D eigenvalue weighted by molar-refractivity contribution is -0.113. The number of halogens is 1. The van der Waals surface area contributed by atoms with Gasteiger partial charge in [0.05, 0.1) is 5.75 Å². The number of allylic oxidation sites excluding steroid dienone is 1. The van der Waals surface area contributed by atoms with Gasteiger partial charge in [0.25, 0.3) is 0 Å². The number of amides is 1.